The van der Waals surface area contributed by atoms with E-state index in [-0.39, 0.29) is 64.0 Å². The molecule has 1 aromatic rings. The molecular weight excluding hydrogens is 325 g/mol. The van der Waals surface area contributed by atoms with Gasteiger partial charge >= 0.3 is 58.2 Å². The molecule has 0 N–H and O–H groups in total. The van der Waals surface area contributed by atoms with Crippen molar-refractivity contribution >= 4 is 0 Å². The molecule has 0 saturated heterocycles. The average Bonchev–Trinajstić information content (AvgIpc) is 2.46. The van der Waals surface area contributed by atoms with Crippen LogP contribution in [0.15, 0.2) is 18.2 Å². The molecule has 1 unspecified atom stereocenters. The summed E-state index contributed by atoms with van der Waals surface area (Å²) in [7, 11) is 0. The summed E-state index contributed by atoms with van der Waals surface area (Å²) in [5.41, 5.74) is 1.16. The number of fused-ring (bicyclic) bond motifs is 1. The second-order valence-corrected chi connectivity index (χ2v) is 5.92. The zero-order valence-electron chi connectivity index (χ0n) is 12.4. The number of ether oxygens (including phenoxy) is 1. The Bertz CT molecular complexity index is 429. The molecule has 1 saturated carbocycles. The van der Waals surface area contributed by atoms with Gasteiger partial charge in [-0.15, -0.1) is 0 Å². The molecule has 1 fully saturated rings. The largest absolute Gasteiger partial charge is 1.00 e. The minimum absolute atomic E-state index is 0. The zero-order valence-corrected chi connectivity index (χ0v) is 17.3. The maximum Gasteiger partial charge on any atom is 1.00 e. The zero-order chi connectivity index (χ0) is 13.1. The molecule has 20 heavy (non-hydrogen) atoms. The Kier molecular flexibility index (Phi) is 7.19. The Hall–Kier alpha value is 0.755. The van der Waals surface area contributed by atoms with Crippen LogP contribution < -0.4 is 62.9 Å². The van der Waals surface area contributed by atoms with Crippen LogP contribution in [0.4, 0.5) is 4.39 Å². The number of aryl methyl sites for hydroxylation is 1. The van der Waals surface area contributed by atoms with E-state index >= 15 is 0 Å². The maximum atomic E-state index is 13.2. The van der Waals surface area contributed by atoms with Crippen LogP contribution in [0.3, 0.4) is 0 Å². The molecule has 104 valence electrons. The third-order valence-electron chi connectivity index (χ3n) is 4.51. The van der Waals surface area contributed by atoms with E-state index in [1.807, 2.05) is 6.07 Å². The summed E-state index contributed by atoms with van der Waals surface area (Å²) >= 11 is 0. The fraction of sp³-hybridized carbons (Fsp3) is 0.588. The summed E-state index contributed by atoms with van der Waals surface area (Å²) in [5.74, 6) is 1.46. The maximum absolute atomic E-state index is 13.2. The van der Waals surface area contributed by atoms with Crippen molar-refractivity contribution in [1.29, 1.82) is 0 Å². The Morgan fingerprint density at radius 3 is 2.75 bits per heavy atom. The normalized spacial score (nSPS) is 22.6. The first-order chi connectivity index (χ1) is 9.31. The Balaban J connectivity index is 0.00000147. The van der Waals surface area contributed by atoms with Gasteiger partial charge in [-0.1, -0.05) is 18.9 Å². The van der Waals surface area contributed by atoms with Crippen molar-refractivity contribution in [3.05, 3.63) is 36.0 Å². The summed E-state index contributed by atoms with van der Waals surface area (Å²) in [6.45, 7) is 0. The van der Waals surface area contributed by atoms with Crippen molar-refractivity contribution < 1.29 is 67.3 Å². The van der Waals surface area contributed by atoms with Gasteiger partial charge in [0.2, 0.25) is 0 Å². The van der Waals surface area contributed by atoms with E-state index in [0.29, 0.717) is 6.10 Å². The van der Waals surface area contributed by atoms with Crippen molar-refractivity contribution in [2.24, 2.45) is 5.92 Å². The molecule has 1 aliphatic heterocycles. The average molecular weight is 347 g/mol. The van der Waals surface area contributed by atoms with Gasteiger partial charge in [-0.3, -0.25) is 0 Å². The molecule has 0 radical (unpaired) electrons. The SMILES string of the molecule is Fc1ccc2c(c1)OC(CCC1CC[CH-]CC1)CC2.[Rb+]. The van der Waals surface area contributed by atoms with E-state index in [4.69, 9.17) is 4.74 Å². The molecule has 0 aromatic heterocycles. The van der Waals surface area contributed by atoms with Gasteiger partial charge in [0.1, 0.15) is 11.6 Å². The molecule has 3 rings (SSSR count). The first-order valence-corrected chi connectivity index (χ1v) is 7.58. The van der Waals surface area contributed by atoms with Crippen molar-refractivity contribution in [3.63, 3.8) is 0 Å². The fourth-order valence-corrected chi connectivity index (χ4v) is 3.31. The smallest absolute Gasteiger partial charge is 0.490 e. The van der Waals surface area contributed by atoms with Crippen LogP contribution in [-0.2, 0) is 6.42 Å². The summed E-state index contributed by atoms with van der Waals surface area (Å²) < 4.78 is 19.2. The first kappa shape index (κ1) is 17.1. The van der Waals surface area contributed by atoms with Gasteiger partial charge in [-0.25, -0.2) is 4.39 Å². The molecule has 1 aromatic carbocycles. The van der Waals surface area contributed by atoms with E-state index in [2.05, 4.69) is 6.42 Å². The Morgan fingerprint density at radius 1 is 1.15 bits per heavy atom. The number of hydrogen-bond acceptors (Lipinski definition) is 1. The van der Waals surface area contributed by atoms with Crippen LogP contribution in [0.25, 0.3) is 0 Å². The summed E-state index contributed by atoms with van der Waals surface area (Å²) in [4.78, 5) is 0. The Morgan fingerprint density at radius 2 is 1.95 bits per heavy atom. The van der Waals surface area contributed by atoms with Crippen LogP contribution in [0, 0.1) is 18.2 Å². The van der Waals surface area contributed by atoms with E-state index in [1.165, 1.54) is 44.2 Å². The van der Waals surface area contributed by atoms with Gasteiger partial charge in [0, 0.05) is 6.07 Å². The molecular formula is C17H22FORb. The van der Waals surface area contributed by atoms with Crippen LogP contribution in [-0.4, -0.2) is 6.10 Å². The topological polar surface area (TPSA) is 9.23 Å². The monoisotopic (exact) mass is 346 g/mol. The van der Waals surface area contributed by atoms with Gasteiger partial charge < -0.3 is 11.2 Å². The van der Waals surface area contributed by atoms with Crippen molar-refractivity contribution in [2.75, 3.05) is 0 Å². The molecule has 0 amide bonds. The standard InChI is InChI=1S/C17H22FO.Rb/c18-15-9-7-14-8-11-16(19-17(14)12-15)10-6-13-4-2-1-3-5-13;/h1,7,9,12-13,16H,2-6,8,10-11H2;/q-1;+1. The van der Waals surface area contributed by atoms with Gasteiger partial charge in [-0.2, -0.15) is 12.8 Å². The second-order valence-electron chi connectivity index (χ2n) is 5.92. The molecule has 1 heterocycles. The molecule has 1 atom stereocenters. The Labute approximate surface area is 170 Å². The molecule has 0 bridgehead atoms. The predicted octanol–water partition coefficient (Wildman–Crippen LogP) is 1.70. The summed E-state index contributed by atoms with van der Waals surface area (Å²) in [6, 6.07) is 4.93. The van der Waals surface area contributed by atoms with Gasteiger partial charge in [0.25, 0.3) is 0 Å². The van der Waals surface area contributed by atoms with Crippen molar-refractivity contribution in [3.8, 4) is 5.75 Å². The van der Waals surface area contributed by atoms with E-state index in [1.54, 1.807) is 0 Å². The van der Waals surface area contributed by atoms with Crippen LogP contribution in [0.2, 0.25) is 0 Å². The van der Waals surface area contributed by atoms with E-state index in [0.717, 1.165) is 36.5 Å². The third kappa shape index (κ3) is 4.62. The number of rotatable bonds is 3. The fourth-order valence-electron chi connectivity index (χ4n) is 3.31. The van der Waals surface area contributed by atoms with Crippen LogP contribution in [0.5, 0.6) is 5.75 Å². The number of hydrogen-bond donors (Lipinski definition) is 0. The second kappa shape index (κ2) is 8.40. The summed E-state index contributed by atoms with van der Waals surface area (Å²) in [6.07, 6.45) is 12.5. The van der Waals surface area contributed by atoms with Crippen molar-refractivity contribution in [2.45, 2.75) is 57.5 Å². The molecule has 3 heteroatoms. The number of halogens is 1. The minimum atomic E-state index is -0.192. The minimum Gasteiger partial charge on any atom is -0.490 e. The number of benzene rings is 1. The van der Waals surface area contributed by atoms with Crippen LogP contribution in [0.1, 0.15) is 50.5 Å². The third-order valence-corrected chi connectivity index (χ3v) is 4.51. The van der Waals surface area contributed by atoms with E-state index in [9.17, 15) is 4.39 Å². The summed E-state index contributed by atoms with van der Waals surface area (Å²) in [5, 5.41) is 0. The van der Waals surface area contributed by atoms with E-state index < -0.39 is 0 Å². The van der Waals surface area contributed by atoms with Gasteiger partial charge in [0.05, 0.1) is 6.10 Å². The molecule has 0 spiro atoms. The first-order valence-electron chi connectivity index (χ1n) is 7.58. The van der Waals surface area contributed by atoms with Gasteiger partial charge in [0.15, 0.2) is 0 Å². The van der Waals surface area contributed by atoms with Crippen molar-refractivity contribution in [1.82, 2.24) is 0 Å². The molecule has 2 aliphatic rings. The quantitative estimate of drug-likeness (QED) is 0.757. The van der Waals surface area contributed by atoms with Gasteiger partial charge in [-0.05, 0) is 43.2 Å². The molecule has 1 aliphatic carbocycles. The predicted molar refractivity (Wildman–Crippen MR) is 74.6 cm³/mol. The van der Waals surface area contributed by atoms with Crippen LogP contribution >= 0.6 is 0 Å². The molecule has 1 nitrogen and oxygen atoms in total.